The van der Waals surface area contributed by atoms with Crippen LogP contribution in [0.1, 0.15) is 26.3 Å². The fourth-order valence-electron chi connectivity index (χ4n) is 1.71. The van der Waals surface area contributed by atoms with Gasteiger partial charge in [0.2, 0.25) is 0 Å². The van der Waals surface area contributed by atoms with Crippen molar-refractivity contribution in [2.24, 2.45) is 11.1 Å². The fraction of sp³-hybridized carbons (Fsp3) is 0.500. The van der Waals surface area contributed by atoms with Gasteiger partial charge in [0.05, 0.1) is 26.0 Å². The maximum Gasteiger partial charge on any atom is 0.302 e. The number of carbonyl (C=O) groups is 1. The van der Waals surface area contributed by atoms with Crippen molar-refractivity contribution >= 4 is 12.2 Å². The number of nitrogens with zero attached hydrogens (tertiary/aromatic N) is 1. The first-order valence-corrected chi connectivity index (χ1v) is 7.03. The summed E-state index contributed by atoms with van der Waals surface area (Å²) in [6.45, 7) is 5.45. The van der Waals surface area contributed by atoms with E-state index < -0.39 is 0 Å². The van der Waals surface area contributed by atoms with Crippen molar-refractivity contribution in [3.8, 4) is 11.5 Å². The predicted octanol–water partition coefficient (Wildman–Crippen LogP) is 2.64. The van der Waals surface area contributed by atoms with E-state index in [1.54, 1.807) is 14.2 Å². The number of benzene rings is 1. The number of rotatable bonds is 8. The van der Waals surface area contributed by atoms with Crippen molar-refractivity contribution in [3.63, 3.8) is 0 Å². The van der Waals surface area contributed by atoms with Crippen LogP contribution in [0.15, 0.2) is 23.4 Å². The highest BCUT2D eigenvalue weighted by Crippen LogP contribution is 2.26. The number of carbonyl (C=O) groups excluding carboxylic acids is 1. The lowest BCUT2D eigenvalue weighted by atomic mass is 10.1. The summed E-state index contributed by atoms with van der Waals surface area (Å²) in [5.74, 6) is 1.07. The molecule has 122 valence electrons. The van der Waals surface area contributed by atoms with Crippen LogP contribution < -0.4 is 9.47 Å². The predicted molar refractivity (Wildman–Crippen MR) is 83.5 cm³/mol. The molecular weight excluding hydrogens is 286 g/mol. The topological polar surface area (TPSA) is 66.3 Å². The summed E-state index contributed by atoms with van der Waals surface area (Å²) in [6.07, 6.45) is 1.21. The van der Waals surface area contributed by atoms with Gasteiger partial charge in [-0.1, -0.05) is 25.1 Å². The summed E-state index contributed by atoms with van der Waals surface area (Å²) in [4.78, 5) is 16.3. The van der Waals surface area contributed by atoms with Gasteiger partial charge in [-0.2, -0.15) is 0 Å². The summed E-state index contributed by atoms with van der Waals surface area (Å²) < 4.78 is 15.5. The number of hydrogen-bond donors (Lipinski definition) is 0. The van der Waals surface area contributed by atoms with Crippen LogP contribution in [-0.2, 0) is 14.4 Å². The molecule has 0 N–H and O–H groups in total. The number of esters is 1. The smallest absolute Gasteiger partial charge is 0.302 e. The molecule has 1 atom stereocenters. The Labute approximate surface area is 131 Å². The molecule has 22 heavy (non-hydrogen) atoms. The Balaban J connectivity index is 2.80. The van der Waals surface area contributed by atoms with Crippen LogP contribution in [0.3, 0.4) is 0 Å². The number of ether oxygens (including phenoxy) is 3. The van der Waals surface area contributed by atoms with Gasteiger partial charge in [0.25, 0.3) is 0 Å². The van der Waals surface area contributed by atoms with E-state index in [0.717, 1.165) is 0 Å². The van der Waals surface area contributed by atoms with Crippen molar-refractivity contribution in [2.45, 2.75) is 26.9 Å². The molecule has 1 aromatic rings. The van der Waals surface area contributed by atoms with Gasteiger partial charge < -0.3 is 19.0 Å². The van der Waals surface area contributed by atoms with Crippen LogP contribution in [0.25, 0.3) is 0 Å². The Hall–Kier alpha value is -2.24. The molecule has 0 bridgehead atoms. The molecule has 0 amide bonds. The number of methoxy groups -OCH3 is 2. The molecule has 1 aromatic carbocycles. The zero-order valence-electron chi connectivity index (χ0n) is 13.7. The molecule has 0 aliphatic carbocycles. The van der Waals surface area contributed by atoms with Crippen LogP contribution in [0.2, 0.25) is 0 Å². The molecule has 0 saturated heterocycles. The first kappa shape index (κ1) is 17.8. The molecule has 0 saturated carbocycles. The number of hydrogen-bond acceptors (Lipinski definition) is 6. The first-order valence-electron chi connectivity index (χ1n) is 7.03. The van der Waals surface area contributed by atoms with E-state index in [4.69, 9.17) is 19.0 Å². The second-order valence-corrected chi connectivity index (χ2v) is 5.00. The van der Waals surface area contributed by atoms with E-state index in [-0.39, 0.29) is 24.6 Å². The Bertz CT molecular complexity index is 491. The van der Waals surface area contributed by atoms with Gasteiger partial charge in [0.15, 0.2) is 6.10 Å². The van der Waals surface area contributed by atoms with Gasteiger partial charge in [-0.3, -0.25) is 4.79 Å². The minimum atomic E-state index is -0.343. The van der Waals surface area contributed by atoms with Gasteiger partial charge in [0.1, 0.15) is 18.1 Å². The highest BCUT2D eigenvalue weighted by atomic mass is 16.7. The fourth-order valence-corrected chi connectivity index (χ4v) is 1.71. The quantitative estimate of drug-likeness (QED) is 0.419. The van der Waals surface area contributed by atoms with Crippen LogP contribution in [0.5, 0.6) is 11.5 Å². The second kappa shape index (κ2) is 8.92. The first-order chi connectivity index (χ1) is 10.5. The van der Waals surface area contributed by atoms with Crippen LogP contribution >= 0.6 is 0 Å². The molecule has 0 fully saturated rings. The molecule has 1 unspecified atom stereocenters. The maximum absolute atomic E-state index is 10.9. The lowest BCUT2D eigenvalue weighted by Crippen LogP contribution is -2.25. The Morgan fingerprint density at radius 3 is 2.27 bits per heavy atom. The summed E-state index contributed by atoms with van der Waals surface area (Å²) >= 11 is 0. The van der Waals surface area contributed by atoms with E-state index in [2.05, 4.69) is 5.16 Å². The maximum atomic E-state index is 10.9. The van der Waals surface area contributed by atoms with E-state index in [9.17, 15) is 4.79 Å². The largest absolute Gasteiger partial charge is 0.496 e. The third-order valence-electron chi connectivity index (χ3n) is 3.04. The van der Waals surface area contributed by atoms with E-state index in [1.165, 1.54) is 13.1 Å². The zero-order valence-corrected chi connectivity index (χ0v) is 13.7. The summed E-state index contributed by atoms with van der Waals surface area (Å²) in [7, 11) is 3.15. The van der Waals surface area contributed by atoms with Crippen molar-refractivity contribution in [1.82, 2.24) is 0 Å². The van der Waals surface area contributed by atoms with Crippen molar-refractivity contribution in [3.05, 3.63) is 23.8 Å². The number of oxime groups is 1. The molecule has 0 radical (unpaired) electrons. The average Bonchev–Trinajstić information content (AvgIpc) is 2.49. The molecule has 6 nitrogen and oxygen atoms in total. The molecule has 0 heterocycles. The molecule has 0 spiro atoms. The molecule has 0 aliphatic heterocycles. The van der Waals surface area contributed by atoms with Crippen LogP contribution in [0.4, 0.5) is 0 Å². The summed E-state index contributed by atoms with van der Waals surface area (Å²) in [5, 5.41) is 3.98. The van der Waals surface area contributed by atoms with Crippen molar-refractivity contribution in [2.75, 3.05) is 20.8 Å². The lowest BCUT2D eigenvalue weighted by molar-refractivity contribution is -0.146. The van der Waals surface area contributed by atoms with Gasteiger partial charge >= 0.3 is 5.97 Å². The van der Waals surface area contributed by atoms with E-state index >= 15 is 0 Å². The highest BCUT2D eigenvalue weighted by Gasteiger charge is 2.16. The Morgan fingerprint density at radius 1 is 1.23 bits per heavy atom. The molecule has 1 rings (SSSR count). The van der Waals surface area contributed by atoms with Crippen molar-refractivity contribution < 1.29 is 23.8 Å². The summed E-state index contributed by atoms with van der Waals surface area (Å²) in [5.41, 5.74) is 0.683. The van der Waals surface area contributed by atoms with E-state index in [0.29, 0.717) is 17.1 Å². The monoisotopic (exact) mass is 309 g/mol. The molecule has 0 aromatic heterocycles. The van der Waals surface area contributed by atoms with Crippen LogP contribution in [-0.4, -0.2) is 39.1 Å². The zero-order chi connectivity index (χ0) is 16.5. The summed E-state index contributed by atoms with van der Waals surface area (Å²) in [6, 6.07) is 5.44. The van der Waals surface area contributed by atoms with Gasteiger partial charge in [-0.15, -0.1) is 0 Å². The van der Waals surface area contributed by atoms with Gasteiger partial charge in [-0.05, 0) is 18.1 Å². The molecule has 0 aliphatic rings. The third-order valence-corrected chi connectivity index (χ3v) is 3.04. The second-order valence-electron chi connectivity index (χ2n) is 5.00. The third kappa shape index (κ3) is 5.27. The van der Waals surface area contributed by atoms with Crippen LogP contribution in [0, 0.1) is 5.92 Å². The normalized spacial score (nSPS) is 12.3. The molecule has 6 heteroatoms. The lowest BCUT2D eigenvalue weighted by Gasteiger charge is -2.18. The molecular formula is C16H23NO5. The Morgan fingerprint density at radius 2 is 1.82 bits per heavy atom. The minimum absolute atomic E-state index is 0.149. The van der Waals surface area contributed by atoms with Gasteiger partial charge in [0, 0.05) is 6.92 Å². The minimum Gasteiger partial charge on any atom is -0.496 e. The standard InChI is InChI=1S/C16H23NO5/c1-11(2)16(10-21-12(3)18)22-17-9-13-14(19-4)7-6-8-15(13)20-5/h6-9,11,16H,10H2,1-5H3/b17-9+. The van der Waals surface area contributed by atoms with Crippen molar-refractivity contribution in [1.29, 1.82) is 0 Å². The average molecular weight is 309 g/mol. The Kier molecular flexibility index (Phi) is 7.22. The SMILES string of the molecule is COc1cccc(OC)c1/C=N/OC(COC(C)=O)C(C)C. The van der Waals surface area contributed by atoms with E-state index in [1.807, 2.05) is 32.0 Å². The van der Waals surface area contributed by atoms with Gasteiger partial charge in [-0.25, -0.2) is 0 Å². The highest BCUT2D eigenvalue weighted by molar-refractivity contribution is 5.87.